The molecule has 1 rings (SSSR count). The first-order valence-electron chi connectivity index (χ1n) is 35.1. The first-order valence-corrected chi connectivity index (χ1v) is 35.1. The van der Waals surface area contributed by atoms with E-state index in [1.807, 2.05) is 6.08 Å². The molecule has 81 heavy (non-hydrogen) atoms. The average Bonchev–Trinajstić information content (AvgIpc) is 3.50. The summed E-state index contributed by atoms with van der Waals surface area (Å²) < 4.78 is 17.7. The van der Waals surface area contributed by atoms with Crippen LogP contribution >= 0.6 is 0 Å². The summed E-state index contributed by atoms with van der Waals surface area (Å²) >= 11 is 0. The molecule has 0 saturated carbocycles. The molecule has 0 aliphatic carbocycles. The van der Waals surface area contributed by atoms with Gasteiger partial charge < -0.3 is 45.1 Å². The van der Waals surface area contributed by atoms with Crippen molar-refractivity contribution < 1.29 is 49.3 Å². The molecule has 11 heteroatoms. The van der Waals surface area contributed by atoms with Gasteiger partial charge in [0.05, 0.1) is 25.4 Å². The number of allylic oxidation sites excluding steroid dienone is 3. The Morgan fingerprint density at radius 3 is 1.20 bits per heavy atom. The Kier molecular flexibility index (Phi) is 55.7. The Morgan fingerprint density at radius 2 is 0.815 bits per heavy atom. The third-order valence-corrected chi connectivity index (χ3v) is 16.9. The highest BCUT2D eigenvalue weighted by molar-refractivity contribution is 5.80. The summed E-state index contributed by atoms with van der Waals surface area (Å²) in [5.41, 5.74) is 0. The zero-order chi connectivity index (χ0) is 58.9. The third kappa shape index (κ3) is 46.1. The van der Waals surface area contributed by atoms with Gasteiger partial charge in [0.2, 0.25) is 5.91 Å². The number of unbranched alkanes of at least 4 members (excludes halogenated alkanes) is 45. The maximum atomic E-state index is 13.4. The first-order chi connectivity index (χ1) is 39.7. The molecule has 6 N–H and O–H groups in total. The van der Waals surface area contributed by atoms with Crippen LogP contribution in [0, 0.1) is 0 Å². The van der Waals surface area contributed by atoms with Crippen molar-refractivity contribution in [3.8, 4) is 0 Å². The predicted molar refractivity (Wildman–Crippen MR) is 338 cm³/mol. The van der Waals surface area contributed by atoms with E-state index in [0.29, 0.717) is 12.8 Å². The minimum atomic E-state index is -1.61. The van der Waals surface area contributed by atoms with E-state index in [0.717, 1.165) is 57.8 Å². The van der Waals surface area contributed by atoms with Gasteiger partial charge in [0.1, 0.15) is 24.4 Å². The van der Waals surface area contributed by atoms with E-state index in [2.05, 4.69) is 38.2 Å². The summed E-state index contributed by atoms with van der Waals surface area (Å²) in [6.07, 6.45) is 59.6. The zero-order valence-electron chi connectivity index (χ0n) is 53.2. The molecule has 0 spiro atoms. The Bertz CT molecular complexity index is 1410. The highest BCUT2D eigenvalue weighted by atomic mass is 16.7. The molecule has 0 aromatic rings. The largest absolute Gasteiger partial charge is 0.454 e. The van der Waals surface area contributed by atoms with Gasteiger partial charge in [-0.2, -0.15) is 0 Å². The third-order valence-electron chi connectivity index (χ3n) is 16.9. The molecule has 478 valence electrons. The van der Waals surface area contributed by atoms with Crippen molar-refractivity contribution in [1.82, 2.24) is 5.32 Å². The average molecular weight is 1150 g/mol. The maximum absolute atomic E-state index is 13.4. The van der Waals surface area contributed by atoms with Crippen LogP contribution in [0.1, 0.15) is 348 Å². The minimum Gasteiger partial charge on any atom is -0.454 e. The van der Waals surface area contributed by atoms with Crippen LogP contribution in [0.4, 0.5) is 0 Å². The van der Waals surface area contributed by atoms with Crippen molar-refractivity contribution >= 4 is 11.9 Å². The molecule has 0 radical (unpaired) electrons. The van der Waals surface area contributed by atoms with Gasteiger partial charge >= 0.3 is 5.97 Å². The number of nitrogens with one attached hydrogen (secondary N) is 1. The van der Waals surface area contributed by atoms with Crippen LogP contribution in [0.3, 0.4) is 0 Å². The van der Waals surface area contributed by atoms with E-state index in [4.69, 9.17) is 14.2 Å². The minimum absolute atomic E-state index is 0.129. The van der Waals surface area contributed by atoms with E-state index in [1.54, 1.807) is 6.08 Å². The molecule has 1 amide bonds. The number of carbonyl (C=O) groups excluding carboxylic acids is 2. The number of aliphatic hydroxyl groups excluding tert-OH is 5. The van der Waals surface area contributed by atoms with E-state index < -0.39 is 67.4 Å². The molecule has 8 unspecified atom stereocenters. The van der Waals surface area contributed by atoms with Gasteiger partial charge in [0.15, 0.2) is 12.4 Å². The highest BCUT2D eigenvalue weighted by Crippen LogP contribution is 2.26. The van der Waals surface area contributed by atoms with E-state index in [1.165, 1.54) is 244 Å². The van der Waals surface area contributed by atoms with Crippen LogP contribution in [-0.2, 0) is 23.8 Å². The van der Waals surface area contributed by atoms with Crippen LogP contribution in [0.2, 0.25) is 0 Å². The van der Waals surface area contributed by atoms with Crippen molar-refractivity contribution in [3.05, 3.63) is 24.3 Å². The number of amides is 1. The van der Waals surface area contributed by atoms with E-state index in [9.17, 15) is 35.1 Å². The van der Waals surface area contributed by atoms with Crippen LogP contribution < -0.4 is 5.32 Å². The Hall–Kier alpha value is -1.86. The number of ether oxygens (including phenoxy) is 3. The lowest BCUT2D eigenvalue weighted by atomic mass is 9.99. The van der Waals surface area contributed by atoms with Gasteiger partial charge in [-0.1, -0.05) is 315 Å². The number of carbonyl (C=O) groups is 2. The number of rotatable bonds is 61. The molecule has 1 aliphatic heterocycles. The highest BCUT2D eigenvalue weighted by Gasteiger charge is 2.47. The normalized spacial score (nSPS) is 18.7. The molecule has 0 aromatic heterocycles. The summed E-state index contributed by atoms with van der Waals surface area (Å²) in [5, 5.41) is 57.1. The number of hydrogen-bond acceptors (Lipinski definition) is 10. The molecular weight excluding hydrogens is 1010 g/mol. The van der Waals surface area contributed by atoms with Crippen LogP contribution in [-0.4, -0.2) is 99.6 Å². The fourth-order valence-electron chi connectivity index (χ4n) is 11.3. The van der Waals surface area contributed by atoms with Crippen molar-refractivity contribution in [2.24, 2.45) is 0 Å². The second kappa shape index (κ2) is 58.5. The molecular formula is C70H133NO10. The maximum Gasteiger partial charge on any atom is 0.306 e. The smallest absolute Gasteiger partial charge is 0.306 e. The first kappa shape index (κ1) is 77.2. The summed E-state index contributed by atoms with van der Waals surface area (Å²) in [4.78, 5) is 26.6. The summed E-state index contributed by atoms with van der Waals surface area (Å²) in [6.45, 7) is 5.82. The standard InChI is InChI=1S/C70H133NO10/c1-4-7-10-13-16-19-22-25-26-27-28-29-30-31-32-33-34-35-36-37-38-40-43-46-49-52-55-58-65(75)81-68-67(77)66(76)64(59-72)80-70(68)79-60-61(62(73)56-53-50-47-44-41-24-21-18-15-12-9-6-3)71-69(78)63(74)57-54-51-48-45-42-39-23-20-17-14-11-8-5-2/h42,45,53,56,61-64,66-68,70,72-74,76-77H,4-41,43-44,46-52,54-55,57-60H2,1-3H3,(H,71,78)/b45-42-,56-53+. The molecule has 1 saturated heterocycles. The second-order valence-electron chi connectivity index (χ2n) is 24.6. The monoisotopic (exact) mass is 1150 g/mol. The number of hydrogen-bond donors (Lipinski definition) is 6. The number of esters is 1. The summed E-state index contributed by atoms with van der Waals surface area (Å²) in [6, 6.07) is -1.03. The second-order valence-corrected chi connectivity index (χ2v) is 24.6. The summed E-state index contributed by atoms with van der Waals surface area (Å²) in [7, 11) is 0. The lowest BCUT2D eigenvalue weighted by Gasteiger charge is -2.41. The van der Waals surface area contributed by atoms with Crippen LogP contribution in [0.25, 0.3) is 0 Å². The van der Waals surface area contributed by atoms with Gasteiger partial charge in [0, 0.05) is 6.42 Å². The lowest BCUT2D eigenvalue weighted by Crippen LogP contribution is -2.61. The molecule has 1 heterocycles. The SMILES string of the molecule is CCCCCCCCC/C=C\CCCCC(O)C(=O)NC(COC1OC(CO)C(O)C(O)C1OC(=O)CCCCCCCCCCCCCCCCCCCCCCCCCCCCC)C(O)/C=C/CCCCCCCCCCCC. The molecule has 8 atom stereocenters. The van der Waals surface area contributed by atoms with E-state index in [-0.39, 0.29) is 19.4 Å². The van der Waals surface area contributed by atoms with Crippen molar-refractivity contribution in [1.29, 1.82) is 0 Å². The fourth-order valence-corrected chi connectivity index (χ4v) is 11.3. The quantitative estimate of drug-likeness (QED) is 0.0195. The predicted octanol–water partition coefficient (Wildman–Crippen LogP) is 17.6. The molecule has 1 fully saturated rings. The van der Waals surface area contributed by atoms with Crippen molar-refractivity contribution in [3.63, 3.8) is 0 Å². The zero-order valence-corrected chi connectivity index (χ0v) is 53.2. The molecule has 11 nitrogen and oxygen atoms in total. The van der Waals surface area contributed by atoms with Gasteiger partial charge in [-0.15, -0.1) is 0 Å². The Labute approximate surface area is 499 Å². The Morgan fingerprint density at radius 1 is 0.469 bits per heavy atom. The lowest BCUT2D eigenvalue weighted by molar-refractivity contribution is -0.305. The summed E-state index contributed by atoms with van der Waals surface area (Å²) in [5.74, 6) is -1.19. The van der Waals surface area contributed by atoms with Gasteiger partial charge in [0.25, 0.3) is 0 Å². The van der Waals surface area contributed by atoms with Crippen LogP contribution in [0.5, 0.6) is 0 Å². The van der Waals surface area contributed by atoms with Crippen LogP contribution in [0.15, 0.2) is 24.3 Å². The number of aliphatic hydroxyl groups is 5. The molecule has 0 aromatic carbocycles. The van der Waals surface area contributed by atoms with Gasteiger partial charge in [-0.05, 0) is 51.4 Å². The van der Waals surface area contributed by atoms with Gasteiger partial charge in [-0.3, -0.25) is 9.59 Å². The molecule has 0 bridgehead atoms. The van der Waals surface area contributed by atoms with Crippen molar-refractivity contribution in [2.45, 2.75) is 397 Å². The van der Waals surface area contributed by atoms with Gasteiger partial charge in [-0.25, -0.2) is 0 Å². The van der Waals surface area contributed by atoms with Crippen molar-refractivity contribution in [2.75, 3.05) is 13.2 Å². The fraction of sp³-hybridized carbons (Fsp3) is 0.914. The topological polar surface area (TPSA) is 175 Å². The van der Waals surface area contributed by atoms with E-state index >= 15 is 0 Å². The molecule has 1 aliphatic rings. The Balaban J connectivity index is 2.51.